The molecular formula is C11H10N2O3S. The van der Waals surface area contributed by atoms with Crippen molar-refractivity contribution >= 4 is 27.7 Å². The molecule has 1 aromatic heterocycles. The number of nitrogens with one attached hydrogen (secondary N) is 1. The Bertz CT molecular complexity index is 539. The number of thiophene rings is 1. The van der Waals surface area contributed by atoms with Gasteiger partial charge in [-0.25, -0.2) is 0 Å². The number of hydrogen-bond donors (Lipinski definition) is 1. The van der Waals surface area contributed by atoms with Crippen LogP contribution in [0.2, 0.25) is 0 Å². The van der Waals surface area contributed by atoms with E-state index in [-0.39, 0.29) is 5.69 Å². The van der Waals surface area contributed by atoms with Crippen LogP contribution in [0.4, 0.5) is 16.4 Å². The first-order valence-corrected chi connectivity index (χ1v) is 5.72. The number of nitro groups is 1. The highest BCUT2D eigenvalue weighted by atomic mass is 32.1. The number of methoxy groups -OCH3 is 1. The van der Waals surface area contributed by atoms with Gasteiger partial charge in [-0.2, -0.15) is 0 Å². The van der Waals surface area contributed by atoms with Crippen molar-refractivity contribution in [1.29, 1.82) is 0 Å². The van der Waals surface area contributed by atoms with Crippen LogP contribution in [-0.4, -0.2) is 12.0 Å². The highest BCUT2D eigenvalue weighted by molar-refractivity contribution is 7.14. The quantitative estimate of drug-likeness (QED) is 0.667. The molecule has 1 N–H and O–H groups in total. The van der Waals surface area contributed by atoms with E-state index in [0.29, 0.717) is 16.4 Å². The summed E-state index contributed by atoms with van der Waals surface area (Å²) >= 11 is 1.28. The monoisotopic (exact) mass is 250 g/mol. The lowest BCUT2D eigenvalue weighted by molar-refractivity contribution is -0.383. The van der Waals surface area contributed by atoms with Gasteiger partial charge in [0, 0.05) is 6.07 Å². The summed E-state index contributed by atoms with van der Waals surface area (Å²) in [7, 11) is 1.56. The van der Waals surface area contributed by atoms with Crippen LogP contribution in [0.5, 0.6) is 5.75 Å². The Morgan fingerprint density at radius 1 is 1.35 bits per heavy atom. The number of hydrogen-bond acceptors (Lipinski definition) is 5. The maximum atomic E-state index is 10.8. The van der Waals surface area contributed by atoms with E-state index in [1.54, 1.807) is 18.6 Å². The molecule has 0 saturated heterocycles. The van der Waals surface area contributed by atoms with Gasteiger partial charge in [0.15, 0.2) is 5.00 Å². The van der Waals surface area contributed by atoms with E-state index >= 15 is 0 Å². The number of anilines is 2. The Kier molecular flexibility index (Phi) is 3.24. The molecule has 0 amide bonds. The van der Waals surface area contributed by atoms with Gasteiger partial charge in [0.2, 0.25) is 0 Å². The fourth-order valence-electron chi connectivity index (χ4n) is 1.41. The number of nitrogens with zero attached hydrogens (tertiary/aromatic N) is 1. The topological polar surface area (TPSA) is 64.4 Å². The zero-order valence-corrected chi connectivity index (χ0v) is 9.86. The smallest absolute Gasteiger partial charge is 0.303 e. The maximum Gasteiger partial charge on any atom is 0.303 e. The summed E-state index contributed by atoms with van der Waals surface area (Å²) in [6, 6.07) is 8.75. The van der Waals surface area contributed by atoms with Gasteiger partial charge in [-0.3, -0.25) is 10.1 Å². The lowest BCUT2D eigenvalue weighted by Crippen LogP contribution is -1.95. The van der Waals surface area contributed by atoms with Gasteiger partial charge >= 0.3 is 5.69 Å². The third-order valence-electron chi connectivity index (χ3n) is 2.20. The van der Waals surface area contributed by atoms with E-state index < -0.39 is 4.92 Å². The van der Waals surface area contributed by atoms with Crippen LogP contribution in [0.25, 0.3) is 0 Å². The Labute approximate surface area is 102 Å². The highest BCUT2D eigenvalue weighted by Crippen LogP contribution is 2.35. The Hall–Kier alpha value is -2.08. The van der Waals surface area contributed by atoms with E-state index in [0.717, 1.165) is 0 Å². The SMILES string of the molecule is COc1ccccc1Nc1sccc1[N+](=O)[O-]. The summed E-state index contributed by atoms with van der Waals surface area (Å²) in [5, 5.41) is 15.9. The first-order chi connectivity index (χ1) is 8.22. The number of ether oxygens (including phenoxy) is 1. The molecule has 0 aliphatic rings. The molecule has 6 heteroatoms. The third-order valence-corrected chi connectivity index (χ3v) is 3.02. The molecule has 1 aromatic carbocycles. The van der Waals surface area contributed by atoms with E-state index in [9.17, 15) is 10.1 Å². The zero-order chi connectivity index (χ0) is 12.3. The largest absolute Gasteiger partial charge is 0.495 e. The van der Waals surface area contributed by atoms with Gasteiger partial charge in [0.05, 0.1) is 17.7 Å². The van der Waals surface area contributed by atoms with E-state index in [4.69, 9.17) is 4.74 Å². The summed E-state index contributed by atoms with van der Waals surface area (Å²) in [6.45, 7) is 0. The minimum absolute atomic E-state index is 0.0703. The molecule has 5 nitrogen and oxygen atoms in total. The van der Waals surface area contributed by atoms with Crippen molar-refractivity contribution in [3.05, 3.63) is 45.8 Å². The average molecular weight is 250 g/mol. The van der Waals surface area contributed by atoms with Crippen molar-refractivity contribution < 1.29 is 9.66 Å². The normalized spacial score (nSPS) is 9.94. The molecule has 88 valence electrons. The Morgan fingerprint density at radius 3 is 2.82 bits per heavy atom. The van der Waals surface area contributed by atoms with Crippen molar-refractivity contribution in [2.75, 3.05) is 12.4 Å². The van der Waals surface area contributed by atoms with E-state index in [1.807, 2.05) is 18.2 Å². The summed E-state index contributed by atoms with van der Waals surface area (Å²) in [4.78, 5) is 10.4. The van der Waals surface area contributed by atoms with Crippen LogP contribution in [-0.2, 0) is 0 Å². The molecule has 0 fully saturated rings. The third kappa shape index (κ3) is 2.36. The summed E-state index contributed by atoms with van der Waals surface area (Å²) < 4.78 is 5.17. The van der Waals surface area contributed by atoms with Gasteiger partial charge in [0.1, 0.15) is 5.75 Å². The van der Waals surface area contributed by atoms with Crippen molar-refractivity contribution in [1.82, 2.24) is 0 Å². The number of para-hydroxylation sites is 2. The van der Waals surface area contributed by atoms with Crippen LogP contribution in [0.15, 0.2) is 35.7 Å². The molecule has 2 rings (SSSR count). The molecule has 0 aliphatic carbocycles. The van der Waals surface area contributed by atoms with E-state index in [1.165, 1.54) is 17.4 Å². The second-order valence-electron chi connectivity index (χ2n) is 3.22. The van der Waals surface area contributed by atoms with Crippen molar-refractivity contribution in [3.63, 3.8) is 0 Å². The van der Waals surface area contributed by atoms with Gasteiger partial charge in [0.25, 0.3) is 0 Å². The number of rotatable bonds is 4. The standard InChI is InChI=1S/C11H10N2O3S/c1-16-10-5-3-2-4-8(10)12-11-9(13(14)15)6-7-17-11/h2-7,12H,1H3. The summed E-state index contributed by atoms with van der Waals surface area (Å²) in [5.41, 5.74) is 0.779. The van der Waals surface area contributed by atoms with Crippen molar-refractivity contribution in [2.24, 2.45) is 0 Å². The van der Waals surface area contributed by atoms with Crippen LogP contribution in [0, 0.1) is 10.1 Å². The minimum Gasteiger partial charge on any atom is -0.495 e. The first kappa shape index (κ1) is 11.4. The molecule has 1 heterocycles. The predicted molar refractivity (Wildman–Crippen MR) is 67.3 cm³/mol. The molecule has 17 heavy (non-hydrogen) atoms. The molecule has 2 aromatic rings. The Balaban J connectivity index is 2.31. The molecular weight excluding hydrogens is 240 g/mol. The van der Waals surface area contributed by atoms with Crippen LogP contribution >= 0.6 is 11.3 Å². The van der Waals surface area contributed by atoms with E-state index in [2.05, 4.69) is 5.32 Å². The molecule has 0 saturated carbocycles. The second kappa shape index (κ2) is 4.84. The second-order valence-corrected chi connectivity index (χ2v) is 4.13. The maximum absolute atomic E-state index is 10.8. The molecule has 0 bridgehead atoms. The van der Waals surface area contributed by atoms with Gasteiger partial charge in [-0.05, 0) is 17.5 Å². The van der Waals surface area contributed by atoms with Crippen LogP contribution in [0.3, 0.4) is 0 Å². The van der Waals surface area contributed by atoms with Gasteiger partial charge in [-0.1, -0.05) is 12.1 Å². The fourth-order valence-corrected chi connectivity index (χ4v) is 2.18. The predicted octanol–water partition coefficient (Wildman–Crippen LogP) is 3.41. The van der Waals surface area contributed by atoms with Crippen LogP contribution in [0.1, 0.15) is 0 Å². The molecule has 0 spiro atoms. The lowest BCUT2D eigenvalue weighted by atomic mass is 10.3. The van der Waals surface area contributed by atoms with Crippen LogP contribution < -0.4 is 10.1 Å². The van der Waals surface area contributed by atoms with Gasteiger partial charge in [-0.15, -0.1) is 11.3 Å². The fraction of sp³-hybridized carbons (Fsp3) is 0.0909. The Morgan fingerprint density at radius 2 is 2.12 bits per heavy atom. The average Bonchev–Trinajstić information content (AvgIpc) is 2.78. The molecule has 0 radical (unpaired) electrons. The van der Waals surface area contributed by atoms with Crippen molar-refractivity contribution in [3.8, 4) is 5.75 Å². The highest BCUT2D eigenvalue weighted by Gasteiger charge is 2.16. The lowest BCUT2D eigenvalue weighted by Gasteiger charge is -2.08. The summed E-state index contributed by atoms with van der Waals surface area (Å²) in [6.07, 6.45) is 0. The molecule has 0 atom stereocenters. The molecule has 0 unspecified atom stereocenters. The van der Waals surface area contributed by atoms with Crippen molar-refractivity contribution in [2.45, 2.75) is 0 Å². The summed E-state index contributed by atoms with van der Waals surface area (Å²) in [5.74, 6) is 0.648. The molecule has 0 aliphatic heterocycles. The number of benzene rings is 1. The van der Waals surface area contributed by atoms with Gasteiger partial charge < -0.3 is 10.1 Å². The first-order valence-electron chi connectivity index (χ1n) is 4.84. The minimum atomic E-state index is -0.408. The zero-order valence-electron chi connectivity index (χ0n) is 9.04.